The van der Waals surface area contributed by atoms with E-state index in [0.29, 0.717) is 17.7 Å². The summed E-state index contributed by atoms with van der Waals surface area (Å²) in [5.41, 5.74) is 1.88. The Morgan fingerprint density at radius 3 is 2.46 bits per heavy atom. The lowest BCUT2D eigenvalue weighted by molar-refractivity contribution is 0.0921. The van der Waals surface area contributed by atoms with Gasteiger partial charge in [0, 0.05) is 6.07 Å². The second-order valence-corrected chi connectivity index (χ2v) is 7.02. The summed E-state index contributed by atoms with van der Waals surface area (Å²) >= 11 is 0. The fourth-order valence-electron chi connectivity index (χ4n) is 3.20. The van der Waals surface area contributed by atoms with Crippen molar-refractivity contribution in [3.8, 4) is 0 Å². The molecule has 1 fully saturated rings. The third-order valence-corrected chi connectivity index (χ3v) is 4.83. The molecule has 5 nitrogen and oxygen atoms in total. The summed E-state index contributed by atoms with van der Waals surface area (Å²) in [4.78, 5) is 30.8. The van der Waals surface area contributed by atoms with Gasteiger partial charge in [0.15, 0.2) is 0 Å². The molecule has 0 saturated heterocycles. The van der Waals surface area contributed by atoms with E-state index in [1.54, 1.807) is 6.92 Å². The zero-order valence-electron chi connectivity index (χ0n) is 14.5. The lowest BCUT2D eigenvalue weighted by atomic mass is 9.96. The van der Waals surface area contributed by atoms with Gasteiger partial charge in [-0.3, -0.25) is 9.59 Å². The molecule has 126 valence electrons. The standard InChI is InChI=1S/C19H23N3O2/c1-11(2)14-5-7-15(8-6-14)19(10-12(19)3)22-18(24)16-9-17(23)21-13(4)20-16/h5-9,11-12H,10H2,1-4H3,(H,22,24)(H,20,21,23). The Labute approximate surface area is 141 Å². The van der Waals surface area contributed by atoms with Crippen LogP contribution in [0.15, 0.2) is 35.1 Å². The summed E-state index contributed by atoms with van der Waals surface area (Å²) in [5.74, 6) is 0.965. The molecule has 1 heterocycles. The maximum Gasteiger partial charge on any atom is 0.270 e. The van der Waals surface area contributed by atoms with E-state index >= 15 is 0 Å². The van der Waals surface area contributed by atoms with Crippen LogP contribution in [0.1, 0.15) is 60.5 Å². The van der Waals surface area contributed by atoms with Gasteiger partial charge in [0.05, 0.1) is 5.54 Å². The number of hydrogen-bond donors (Lipinski definition) is 2. The van der Waals surface area contributed by atoms with Crippen molar-refractivity contribution in [2.45, 2.75) is 45.6 Å². The topological polar surface area (TPSA) is 74.8 Å². The summed E-state index contributed by atoms with van der Waals surface area (Å²) in [6, 6.07) is 9.67. The Morgan fingerprint density at radius 1 is 1.33 bits per heavy atom. The fraction of sp³-hybridized carbons (Fsp3) is 0.421. The molecule has 1 saturated carbocycles. The second-order valence-electron chi connectivity index (χ2n) is 7.02. The Bertz CT molecular complexity index is 823. The first-order valence-corrected chi connectivity index (χ1v) is 8.33. The number of nitrogens with zero attached hydrogens (tertiary/aromatic N) is 1. The Hall–Kier alpha value is -2.43. The van der Waals surface area contributed by atoms with E-state index in [2.05, 4.69) is 60.3 Å². The molecule has 2 N–H and O–H groups in total. The average Bonchev–Trinajstić information content (AvgIpc) is 3.17. The molecule has 5 heteroatoms. The SMILES string of the molecule is Cc1nc(C(=O)NC2(c3ccc(C(C)C)cc3)CC2C)cc(=O)[nH]1. The molecule has 1 aromatic carbocycles. The van der Waals surface area contributed by atoms with Gasteiger partial charge in [-0.1, -0.05) is 45.0 Å². The minimum atomic E-state index is -0.356. The highest BCUT2D eigenvalue weighted by Crippen LogP contribution is 2.51. The quantitative estimate of drug-likeness (QED) is 0.907. The number of H-pyrrole nitrogens is 1. The van der Waals surface area contributed by atoms with Gasteiger partial charge < -0.3 is 10.3 Å². The molecule has 2 atom stereocenters. The van der Waals surface area contributed by atoms with E-state index in [-0.39, 0.29) is 22.7 Å². The van der Waals surface area contributed by atoms with Crippen molar-refractivity contribution in [3.63, 3.8) is 0 Å². The van der Waals surface area contributed by atoms with E-state index in [9.17, 15) is 9.59 Å². The van der Waals surface area contributed by atoms with E-state index in [1.165, 1.54) is 11.6 Å². The summed E-state index contributed by atoms with van der Waals surface area (Å²) < 4.78 is 0. The van der Waals surface area contributed by atoms with Crippen LogP contribution in [0.25, 0.3) is 0 Å². The number of aromatic nitrogens is 2. The number of carbonyl (C=O) groups excluding carboxylic acids is 1. The molecule has 24 heavy (non-hydrogen) atoms. The van der Waals surface area contributed by atoms with Crippen LogP contribution in [-0.4, -0.2) is 15.9 Å². The van der Waals surface area contributed by atoms with Crippen molar-refractivity contribution in [2.75, 3.05) is 0 Å². The highest BCUT2D eigenvalue weighted by Gasteiger charge is 2.53. The van der Waals surface area contributed by atoms with Gasteiger partial charge in [0.2, 0.25) is 0 Å². The van der Waals surface area contributed by atoms with Gasteiger partial charge in [0.1, 0.15) is 11.5 Å². The van der Waals surface area contributed by atoms with Crippen molar-refractivity contribution in [1.82, 2.24) is 15.3 Å². The summed E-state index contributed by atoms with van der Waals surface area (Å²) in [6.07, 6.45) is 0.891. The van der Waals surface area contributed by atoms with Gasteiger partial charge in [-0.25, -0.2) is 4.98 Å². The van der Waals surface area contributed by atoms with Gasteiger partial charge >= 0.3 is 0 Å². The maximum absolute atomic E-state index is 12.6. The van der Waals surface area contributed by atoms with Crippen molar-refractivity contribution in [3.05, 3.63) is 63.3 Å². The van der Waals surface area contributed by atoms with Crippen molar-refractivity contribution >= 4 is 5.91 Å². The van der Waals surface area contributed by atoms with Gasteiger partial charge in [0.25, 0.3) is 11.5 Å². The molecule has 0 spiro atoms. The lowest BCUT2D eigenvalue weighted by Crippen LogP contribution is -2.37. The van der Waals surface area contributed by atoms with Crippen LogP contribution in [0.3, 0.4) is 0 Å². The summed E-state index contributed by atoms with van der Waals surface area (Å²) in [5, 5.41) is 3.10. The highest BCUT2D eigenvalue weighted by atomic mass is 16.2. The number of carbonyl (C=O) groups is 1. The number of nitrogens with one attached hydrogen (secondary N) is 2. The number of benzene rings is 1. The fourth-order valence-corrected chi connectivity index (χ4v) is 3.20. The molecule has 1 amide bonds. The predicted octanol–water partition coefficient (Wildman–Crippen LogP) is 2.87. The number of aryl methyl sites for hydroxylation is 1. The molecule has 0 aliphatic heterocycles. The molecule has 2 aromatic rings. The number of aromatic amines is 1. The summed E-state index contributed by atoms with van der Waals surface area (Å²) in [7, 11) is 0. The molecule has 0 radical (unpaired) electrons. The molecule has 1 aliphatic rings. The first kappa shape index (κ1) is 16.4. The monoisotopic (exact) mass is 325 g/mol. The third-order valence-electron chi connectivity index (χ3n) is 4.83. The average molecular weight is 325 g/mol. The zero-order valence-corrected chi connectivity index (χ0v) is 14.5. The largest absolute Gasteiger partial charge is 0.341 e. The van der Waals surface area contributed by atoms with Crippen LogP contribution >= 0.6 is 0 Å². The molecular formula is C19H23N3O2. The predicted molar refractivity (Wildman–Crippen MR) is 93.1 cm³/mol. The number of hydrogen-bond acceptors (Lipinski definition) is 3. The molecular weight excluding hydrogens is 302 g/mol. The van der Waals surface area contributed by atoms with Crippen molar-refractivity contribution in [1.29, 1.82) is 0 Å². The van der Waals surface area contributed by atoms with Crippen LogP contribution < -0.4 is 10.9 Å². The van der Waals surface area contributed by atoms with Crippen LogP contribution in [0.5, 0.6) is 0 Å². The maximum atomic E-state index is 12.6. The van der Waals surface area contributed by atoms with Crippen molar-refractivity contribution in [2.24, 2.45) is 5.92 Å². The minimum Gasteiger partial charge on any atom is -0.341 e. The van der Waals surface area contributed by atoms with Crippen LogP contribution in [-0.2, 0) is 5.54 Å². The van der Waals surface area contributed by atoms with E-state index < -0.39 is 0 Å². The summed E-state index contributed by atoms with van der Waals surface area (Å²) in [6.45, 7) is 8.10. The molecule has 2 unspecified atom stereocenters. The van der Waals surface area contributed by atoms with E-state index in [1.807, 2.05) is 0 Å². The molecule has 0 bridgehead atoms. The zero-order chi connectivity index (χ0) is 17.5. The van der Waals surface area contributed by atoms with Crippen LogP contribution in [0.2, 0.25) is 0 Å². The second kappa shape index (κ2) is 5.89. The Morgan fingerprint density at radius 2 is 1.96 bits per heavy atom. The normalized spacial score (nSPS) is 22.5. The number of rotatable bonds is 4. The van der Waals surface area contributed by atoms with Gasteiger partial charge in [-0.05, 0) is 36.3 Å². The van der Waals surface area contributed by atoms with Crippen LogP contribution in [0.4, 0.5) is 0 Å². The first-order chi connectivity index (χ1) is 11.3. The van der Waals surface area contributed by atoms with E-state index in [4.69, 9.17) is 0 Å². The smallest absolute Gasteiger partial charge is 0.270 e. The van der Waals surface area contributed by atoms with Gasteiger partial charge in [-0.15, -0.1) is 0 Å². The third kappa shape index (κ3) is 2.98. The Balaban J connectivity index is 1.86. The molecule has 1 aromatic heterocycles. The van der Waals surface area contributed by atoms with Crippen LogP contribution in [0, 0.1) is 12.8 Å². The first-order valence-electron chi connectivity index (χ1n) is 8.33. The van der Waals surface area contributed by atoms with E-state index in [0.717, 1.165) is 12.0 Å². The molecule has 3 rings (SSSR count). The lowest BCUT2D eigenvalue weighted by Gasteiger charge is -2.20. The van der Waals surface area contributed by atoms with Crippen molar-refractivity contribution < 1.29 is 4.79 Å². The number of amides is 1. The Kier molecular flexibility index (Phi) is 4.03. The van der Waals surface area contributed by atoms with Gasteiger partial charge in [-0.2, -0.15) is 0 Å². The minimum absolute atomic E-state index is 0.161. The molecule has 1 aliphatic carbocycles. The highest BCUT2D eigenvalue weighted by molar-refractivity contribution is 5.93.